The molecule has 3 heterocycles. The zero-order chi connectivity index (χ0) is 14.9. The van der Waals surface area contributed by atoms with Crippen molar-refractivity contribution in [1.29, 1.82) is 0 Å². The number of rotatable bonds is 1. The van der Waals surface area contributed by atoms with Gasteiger partial charge in [-0.2, -0.15) is 0 Å². The highest BCUT2D eigenvalue weighted by Gasteiger charge is 2.27. The van der Waals surface area contributed by atoms with Crippen LogP contribution >= 0.6 is 22.7 Å². The Bertz CT molecular complexity index is 613. The molecular weight excluding hydrogens is 296 g/mol. The number of aromatic hydroxyl groups is 2. The Hall–Kier alpha value is -1.40. The average molecular weight is 314 g/mol. The highest BCUT2D eigenvalue weighted by atomic mass is 32.1. The van der Waals surface area contributed by atoms with E-state index in [1.54, 1.807) is 6.92 Å². The summed E-state index contributed by atoms with van der Waals surface area (Å²) in [6, 6.07) is 0. The van der Waals surface area contributed by atoms with E-state index in [9.17, 15) is 10.2 Å². The van der Waals surface area contributed by atoms with E-state index in [-0.39, 0.29) is 11.5 Å². The Kier molecular flexibility index (Phi) is 4.45. The SMILES string of the molecule is CC.Cc1sc(-c2sc(C)c3c2OCCO3)c(O)c1O. The second-order valence-electron chi connectivity index (χ2n) is 4.03. The Labute approximate surface area is 126 Å². The summed E-state index contributed by atoms with van der Waals surface area (Å²) in [4.78, 5) is 3.18. The van der Waals surface area contributed by atoms with Gasteiger partial charge in [-0.25, -0.2) is 0 Å². The van der Waals surface area contributed by atoms with Crippen LogP contribution in [0.15, 0.2) is 0 Å². The van der Waals surface area contributed by atoms with Crippen LogP contribution in [-0.2, 0) is 0 Å². The summed E-state index contributed by atoms with van der Waals surface area (Å²) in [6.07, 6.45) is 0. The van der Waals surface area contributed by atoms with Gasteiger partial charge < -0.3 is 19.7 Å². The van der Waals surface area contributed by atoms with Crippen molar-refractivity contribution >= 4 is 22.7 Å². The molecule has 2 aromatic heterocycles. The maximum atomic E-state index is 9.95. The molecule has 2 N–H and O–H groups in total. The quantitative estimate of drug-likeness (QED) is 0.824. The van der Waals surface area contributed by atoms with Gasteiger partial charge in [-0.1, -0.05) is 13.8 Å². The lowest BCUT2D eigenvalue weighted by Gasteiger charge is -2.16. The summed E-state index contributed by atoms with van der Waals surface area (Å²) in [6.45, 7) is 8.78. The van der Waals surface area contributed by atoms with Gasteiger partial charge in [0.25, 0.3) is 0 Å². The fourth-order valence-corrected chi connectivity index (χ4v) is 4.03. The molecule has 0 amide bonds. The third kappa shape index (κ3) is 2.33. The third-order valence-corrected chi connectivity index (χ3v) is 5.11. The smallest absolute Gasteiger partial charge is 0.181 e. The van der Waals surface area contributed by atoms with E-state index in [1.165, 1.54) is 22.7 Å². The number of thiophene rings is 2. The van der Waals surface area contributed by atoms with Gasteiger partial charge in [-0.3, -0.25) is 0 Å². The molecule has 0 aromatic carbocycles. The largest absolute Gasteiger partial charge is 0.503 e. The van der Waals surface area contributed by atoms with Gasteiger partial charge in [0.2, 0.25) is 0 Å². The summed E-state index contributed by atoms with van der Waals surface area (Å²) in [7, 11) is 0. The van der Waals surface area contributed by atoms with Crippen LogP contribution in [0.25, 0.3) is 9.75 Å². The average Bonchev–Trinajstić information content (AvgIpc) is 2.94. The first kappa shape index (κ1) is 15.0. The highest BCUT2D eigenvalue weighted by molar-refractivity contribution is 7.23. The van der Waals surface area contributed by atoms with Crippen molar-refractivity contribution < 1.29 is 19.7 Å². The molecule has 0 spiro atoms. The van der Waals surface area contributed by atoms with Crippen LogP contribution in [-0.4, -0.2) is 23.4 Å². The summed E-state index contributed by atoms with van der Waals surface area (Å²) in [5.74, 6) is 1.31. The molecule has 0 fully saturated rings. The van der Waals surface area contributed by atoms with E-state index < -0.39 is 0 Å². The number of fused-ring (bicyclic) bond motifs is 1. The van der Waals surface area contributed by atoms with E-state index in [4.69, 9.17) is 9.47 Å². The Morgan fingerprint density at radius 3 is 1.90 bits per heavy atom. The lowest BCUT2D eigenvalue weighted by Crippen LogP contribution is -2.14. The van der Waals surface area contributed by atoms with Crippen molar-refractivity contribution in [3.8, 4) is 32.8 Å². The van der Waals surface area contributed by atoms with Crippen molar-refractivity contribution in [3.63, 3.8) is 0 Å². The molecule has 6 heteroatoms. The van der Waals surface area contributed by atoms with Crippen molar-refractivity contribution in [2.24, 2.45) is 0 Å². The zero-order valence-corrected chi connectivity index (χ0v) is 13.6. The molecule has 0 radical (unpaired) electrons. The molecule has 20 heavy (non-hydrogen) atoms. The molecule has 1 aliphatic heterocycles. The van der Waals surface area contributed by atoms with E-state index >= 15 is 0 Å². The predicted octanol–water partition coefficient (Wildman–Crippen LogP) is 4.30. The summed E-state index contributed by atoms with van der Waals surface area (Å²) < 4.78 is 11.2. The van der Waals surface area contributed by atoms with Gasteiger partial charge >= 0.3 is 0 Å². The van der Waals surface area contributed by atoms with Crippen LogP contribution in [0, 0.1) is 13.8 Å². The van der Waals surface area contributed by atoms with Crippen LogP contribution in [0.1, 0.15) is 23.6 Å². The molecule has 3 rings (SSSR count). The van der Waals surface area contributed by atoms with E-state index in [1.807, 2.05) is 20.8 Å². The van der Waals surface area contributed by atoms with Crippen molar-refractivity contribution in [1.82, 2.24) is 0 Å². The Morgan fingerprint density at radius 2 is 1.35 bits per heavy atom. The van der Waals surface area contributed by atoms with E-state index in [0.29, 0.717) is 28.7 Å². The molecule has 2 aromatic rings. The molecule has 4 nitrogen and oxygen atoms in total. The third-order valence-electron chi connectivity index (χ3n) is 2.80. The second-order valence-corrected chi connectivity index (χ2v) is 6.48. The van der Waals surface area contributed by atoms with Crippen LogP contribution in [0.5, 0.6) is 23.0 Å². The maximum absolute atomic E-state index is 9.95. The van der Waals surface area contributed by atoms with Gasteiger partial charge in [0.1, 0.15) is 13.2 Å². The number of aryl methyl sites for hydroxylation is 2. The Balaban J connectivity index is 0.000000704. The van der Waals surface area contributed by atoms with Crippen LogP contribution < -0.4 is 9.47 Å². The van der Waals surface area contributed by atoms with Gasteiger partial charge in [0.15, 0.2) is 23.0 Å². The second kappa shape index (κ2) is 5.93. The first-order valence-corrected chi connectivity index (χ1v) is 8.13. The lowest BCUT2D eigenvalue weighted by atomic mass is 10.3. The molecule has 0 aliphatic carbocycles. The minimum atomic E-state index is -0.0734. The number of hydrogen-bond acceptors (Lipinski definition) is 6. The van der Waals surface area contributed by atoms with Crippen molar-refractivity contribution in [3.05, 3.63) is 9.75 Å². The number of ether oxygens (including phenoxy) is 2. The molecule has 1 aliphatic rings. The normalized spacial score (nSPS) is 12.8. The lowest BCUT2D eigenvalue weighted by molar-refractivity contribution is 0.173. The Morgan fingerprint density at radius 1 is 0.800 bits per heavy atom. The molecule has 0 unspecified atom stereocenters. The molecule has 0 saturated heterocycles. The summed E-state index contributed by atoms with van der Waals surface area (Å²) >= 11 is 2.86. The van der Waals surface area contributed by atoms with Crippen LogP contribution in [0.4, 0.5) is 0 Å². The summed E-state index contributed by atoms with van der Waals surface area (Å²) in [5.41, 5.74) is 0. The molecule has 0 saturated carbocycles. The monoisotopic (exact) mass is 314 g/mol. The van der Waals surface area contributed by atoms with E-state index in [2.05, 4.69) is 0 Å². The van der Waals surface area contributed by atoms with Gasteiger partial charge in [-0.05, 0) is 13.8 Å². The van der Waals surface area contributed by atoms with Crippen LogP contribution in [0.3, 0.4) is 0 Å². The highest BCUT2D eigenvalue weighted by Crippen LogP contribution is 2.55. The standard InChI is InChI=1S/C12H12O4S2.C2H6/c1-5-7(13)8(14)11(17-5)12-10-9(6(2)18-12)15-3-4-16-10;1-2/h13-14H,3-4H2,1-2H3;1-2H3. The van der Waals surface area contributed by atoms with Crippen molar-refractivity contribution in [2.75, 3.05) is 13.2 Å². The first-order valence-electron chi connectivity index (χ1n) is 6.50. The predicted molar refractivity (Wildman–Crippen MR) is 82.8 cm³/mol. The number of hydrogen-bond donors (Lipinski definition) is 2. The van der Waals surface area contributed by atoms with Crippen molar-refractivity contribution in [2.45, 2.75) is 27.7 Å². The summed E-state index contributed by atoms with van der Waals surface area (Å²) in [5, 5.41) is 19.6. The zero-order valence-electron chi connectivity index (χ0n) is 11.9. The first-order chi connectivity index (χ1) is 9.59. The van der Waals surface area contributed by atoms with Gasteiger partial charge in [-0.15, -0.1) is 22.7 Å². The maximum Gasteiger partial charge on any atom is 0.181 e. The fourth-order valence-electron chi connectivity index (χ4n) is 1.92. The minimum absolute atomic E-state index is 0.0495. The molecule has 110 valence electrons. The van der Waals surface area contributed by atoms with Gasteiger partial charge in [0.05, 0.1) is 9.75 Å². The topological polar surface area (TPSA) is 58.9 Å². The van der Waals surface area contributed by atoms with Gasteiger partial charge in [0, 0.05) is 9.75 Å². The molecule has 0 atom stereocenters. The van der Waals surface area contributed by atoms with E-state index in [0.717, 1.165) is 15.5 Å². The van der Waals surface area contributed by atoms with Crippen LogP contribution in [0.2, 0.25) is 0 Å². The minimum Gasteiger partial charge on any atom is -0.503 e. The fraction of sp³-hybridized carbons (Fsp3) is 0.429. The molecular formula is C14H18O4S2. The molecule has 0 bridgehead atoms.